The number of hydrogen-bond donors (Lipinski definition) is 2. The van der Waals surface area contributed by atoms with Crippen LogP contribution < -0.4 is 10.5 Å². The van der Waals surface area contributed by atoms with Gasteiger partial charge in [-0.3, -0.25) is 9.59 Å². The van der Waals surface area contributed by atoms with Crippen molar-refractivity contribution in [1.82, 2.24) is 15.4 Å². The molecule has 0 fully saturated rings. The zero-order valence-corrected chi connectivity index (χ0v) is 9.51. The van der Waals surface area contributed by atoms with Crippen LogP contribution in [-0.4, -0.2) is 27.3 Å². The normalized spacial score (nSPS) is 10.1. The van der Waals surface area contributed by atoms with Crippen LogP contribution in [-0.2, 0) is 4.79 Å². The van der Waals surface area contributed by atoms with Crippen molar-refractivity contribution < 1.29 is 14.3 Å². The number of amides is 1. The first kappa shape index (κ1) is 11.8. The van der Waals surface area contributed by atoms with Crippen LogP contribution in [0, 0.1) is 0 Å². The van der Waals surface area contributed by atoms with Crippen molar-refractivity contribution in [3.8, 4) is 17.0 Å². The summed E-state index contributed by atoms with van der Waals surface area (Å²) in [5.41, 5.74) is 5.89. The maximum absolute atomic E-state index is 11.2. The molecule has 0 radical (unpaired) electrons. The van der Waals surface area contributed by atoms with Crippen LogP contribution in [0.15, 0.2) is 24.3 Å². The summed E-state index contributed by atoms with van der Waals surface area (Å²) in [7, 11) is 0. The van der Waals surface area contributed by atoms with E-state index in [2.05, 4.69) is 15.4 Å². The molecule has 7 heteroatoms. The van der Waals surface area contributed by atoms with Gasteiger partial charge in [0.1, 0.15) is 11.4 Å². The summed E-state index contributed by atoms with van der Waals surface area (Å²) >= 11 is 0. The minimum Gasteiger partial charge on any atom is -0.426 e. The first-order valence-electron chi connectivity index (χ1n) is 5.08. The highest BCUT2D eigenvalue weighted by Crippen LogP contribution is 2.29. The number of aromatic nitrogens is 3. The van der Waals surface area contributed by atoms with E-state index >= 15 is 0 Å². The summed E-state index contributed by atoms with van der Waals surface area (Å²) in [6.45, 7) is 1.29. The first-order chi connectivity index (χ1) is 8.59. The van der Waals surface area contributed by atoms with E-state index in [4.69, 9.17) is 10.5 Å². The minimum atomic E-state index is -0.712. The second-order valence-corrected chi connectivity index (χ2v) is 3.47. The summed E-state index contributed by atoms with van der Waals surface area (Å²) in [4.78, 5) is 22.2. The van der Waals surface area contributed by atoms with Crippen LogP contribution in [0.4, 0.5) is 0 Å². The van der Waals surface area contributed by atoms with Gasteiger partial charge in [-0.1, -0.05) is 12.1 Å². The van der Waals surface area contributed by atoms with Crippen LogP contribution >= 0.6 is 0 Å². The van der Waals surface area contributed by atoms with Gasteiger partial charge in [-0.05, 0) is 12.1 Å². The molecule has 1 amide bonds. The van der Waals surface area contributed by atoms with Crippen molar-refractivity contribution in [3.63, 3.8) is 0 Å². The number of nitrogens with zero attached hydrogens (tertiary/aromatic N) is 2. The van der Waals surface area contributed by atoms with Crippen molar-refractivity contribution in [2.75, 3.05) is 0 Å². The molecule has 0 saturated carbocycles. The number of nitrogens with two attached hydrogens (primary N) is 1. The van der Waals surface area contributed by atoms with E-state index in [0.29, 0.717) is 11.3 Å². The number of para-hydroxylation sites is 1. The Hall–Kier alpha value is -2.70. The Bertz CT molecular complexity index is 606. The number of aromatic amines is 1. The number of carbonyl (C=O) groups excluding carboxylic acids is 2. The molecule has 0 atom stereocenters. The smallest absolute Gasteiger partial charge is 0.308 e. The molecule has 18 heavy (non-hydrogen) atoms. The third kappa shape index (κ3) is 2.19. The lowest BCUT2D eigenvalue weighted by atomic mass is 10.1. The summed E-state index contributed by atoms with van der Waals surface area (Å²) in [5.74, 6) is -0.885. The van der Waals surface area contributed by atoms with Gasteiger partial charge in [0, 0.05) is 12.5 Å². The lowest BCUT2D eigenvalue weighted by Gasteiger charge is -2.06. The molecule has 2 rings (SSSR count). The van der Waals surface area contributed by atoms with Gasteiger partial charge in [-0.2, -0.15) is 15.4 Å². The van der Waals surface area contributed by atoms with Gasteiger partial charge >= 0.3 is 5.97 Å². The quantitative estimate of drug-likeness (QED) is 0.605. The lowest BCUT2D eigenvalue weighted by molar-refractivity contribution is -0.131. The molecule has 2 aromatic rings. The zero-order valence-electron chi connectivity index (χ0n) is 9.51. The highest BCUT2D eigenvalue weighted by Gasteiger charge is 2.18. The van der Waals surface area contributed by atoms with Gasteiger partial charge in [0.25, 0.3) is 5.91 Å². The standard InChI is InChI=1S/C11H10N4O3/c1-6(16)18-8-5-3-2-4-7(8)9-10(11(12)17)14-15-13-9/h2-5H,1H3,(H2,12,17)(H,13,14,15). The second kappa shape index (κ2) is 4.66. The minimum absolute atomic E-state index is 0.00500. The number of hydrogen-bond acceptors (Lipinski definition) is 5. The largest absolute Gasteiger partial charge is 0.426 e. The molecule has 92 valence electrons. The Morgan fingerprint density at radius 2 is 2.00 bits per heavy atom. The van der Waals surface area contributed by atoms with Gasteiger partial charge in [-0.15, -0.1) is 0 Å². The molecule has 7 nitrogen and oxygen atoms in total. The Labute approximate surface area is 102 Å². The molecule has 0 aliphatic rings. The Morgan fingerprint density at radius 3 is 2.67 bits per heavy atom. The fourth-order valence-electron chi connectivity index (χ4n) is 1.50. The number of primary amides is 1. The van der Waals surface area contributed by atoms with Crippen molar-refractivity contribution in [2.45, 2.75) is 6.92 Å². The highest BCUT2D eigenvalue weighted by atomic mass is 16.5. The molecule has 1 aromatic heterocycles. The SMILES string of the molecule is CC(=O)Oc1ccccc1-c1n[nH]nc1C(N)=O. The van der Waals surface area contributed by atoms with Crippen LogP contribution in [0.5, 0.6) is 5.75 Å². The fourth-order valence-corrected chi connectivity index (χ4v) is 1.50. The molecule has 0 unspecified atom stereocenters. The Kier molecular flexibility index (Phi) is 3.05. The molecule has 3 N–H and O–H groups in total. The molecule has 0 bridgehead atoms. The highest BCUT2D eigenvalue weighted by molar-refractivity contribution is 5.97. The molecule has 1 heterocycles. The molecular formula is C11H10N4O3. The predicted octanol–water partition coefficient (Wildman–Crippen LogP) is 0.496. The van der Waals surface area contributed by atoms with E-state index in [1.54, 1.807) is 24.3 Å². The van der Waals surface area contributed by atoms with Gasteiger partial charge in [0.15, 0.2) is 5.69 Å². The van der Waals surface area contributed by atoms with Crippen molar-refractivity contribution >= 4 is 11.9 Å². The number of nitrogens with one attached hydrogen (secondary N) is 1. The van der Waals surface area contributed by atoms with Gasteiger partial charge in [-0.25, -0.2) is 0 Å². The van der Waals surface area contributed by atoms with E-state index in [1.165, 1.54) is 6.92 Å². The van der Waals surface area contributed by atoms with Crippen LogP contribution in [0.2, 0.25) is 0 Å². The van der Waals surface area contributed by atoms with E-state index in [9.17, 15) is 9.59 Å². The summed E-state index contributed by atoms with van der Waals surface area (Å²) < 4.78 is 5.03. The lowest BCUT2D eigenvalue weighted by Crippen LogP contribution is -2.13. The fraction of sp³-hybridized carbons (Fsp3) is 0.0909. The maximum atomic E-state index is 11.2. The molecule has 0 spiro atoms. The number of benzene rings is 1. The average molecular weight is 246 g/mol. The Balaban J connectivity index is 2.53. The topological polar surface area (TPSA) is 111 Å². The first-order valence-corrected chi connectivity index (χ1v) is 5.08. The summed E-state index contributed by atoms with van der Waals surface area (Å²) in [6.07, 6.45) is 0. The number of carbonyl (C=O) groups is 2. The van der Waals surface area contributed by atoms with Gasteiger partial charge < -0.3 is 10.5 Å². The summed E-state index contributed by atoms with van der Waals surface area (Å²) in [6, 6.07) is 6.67. The number of H-pyrrole nitrogens is 1. The molecule has 0 aliphatic carbocycles. The third-order valence-electron chi connectivity index (χ3n) is 2.18. The Morgan fingerprint density at radius 1 is 1.28 bits per heavy atom. The van der Waals surface area contributed by atoms with E-state index < -0.39 is 11.9 Å². The van der Waals surface area contributed by atoms with E-state index in [1.807, 2.05) is 0 Å². The number of esters is 1. The maximum Gasteiger partial charge on any atom is 0.308 e. The molecule has 0 saturated heterocycles. The van der Waals surface area contributed by atoms with E-state index in [-0.39, 0.29) is 11.4 Å². The molecular weight excluding hydrogens is 236 g/mol. The monoisotopic (exact) mass is 246 g/mol. The summed E-state index contributed by atoms with van der Waals surface area (Å²) in [5, 5.41) is 9.83. The second-order valence-electron chi connectivity index (χ2n) is 3.47. The number of rotatable bonds is 3. The van der Waals surface area contributed by atoms with Crippen LogP contribution in [0.3, 0.4) is 0 Å². The van der Waals surface area contributed by atoms with Gasteiger partial charge in [0.05, 0.1) is 0 Å². The van der Waals surface area contributed by atoms with Crippen molar-refractivity contribution in [2.24, 2.45) is 5.73 Å². The van der Waals surface area contributed by atoms with Crippen LogP contribution in [0.1, 0.15) is 17.4 Å². The van der Waals surface area contributed by atoms with Crippen molar-refractivity contribution in [3.05, 3.63) is 30.0 Å². The average Bonchev–Trinajstić information content (AvgIpc) is 2.77. The molecule has 1 aromatic carbocycles. The van der Waals surface area contributed by atoms with Crippen molar-refractivity contribution in [1.29, 1.82) is 0 Å². The number of ether oxygens (including phenoxy) is 1. The van der Waals surface area contributed by atoms with E-state index in [0.717, 1.165) is 0 Å². The zero-order chi connectivity index (χ0) is 13.1. The predicted molar refractivity (Wildman–Crippen MR) is 61.6 cm³/mol. The third-order valence-corrected chi connectivity index (χ3v) is 2.18. The molecule has 0 aliphatic heterocycles. The van der Waals surface area contributed by atoms with Gasteiger partial charge in [0.2, 0.25) is 0 Å². The van der Waals surface area contributed by atoms with Crippen LogP contribution in [0.25, 0.3) is 11.3 Å².